The van der Waals surface area contributed by atoms with Gasteiger partial charge in [-0.15, -0.1) is 11.3 Å². The molecule has 1 aliphatic carbocycles. The first-order chi connectivity index (χ1) is 14.4. The van der Waals surface area contributed by atoms with Crippen LogP contribution in [0.5, 0.6) is 0 Å². The Labute approximate surface area is 182 Å². The molecule has 1 aromatic carbocycles. The van der Waals surface area contributed by atoms with Crippen LogP contribution in [0.2, 0.25) is 0 Å². The first kappa shape index (κ1) is 20.8. The summed E-state index contributed by atoms with van der Waals surface area (Å²) in [5, 5.41) is 4.14. The maximum Gasteiger partial charge on any atom is 0.227 e. The Morgan fingerprint density at radius 3 is 2.60 bits per heavy atom. The maximum absolute atomic E-state index is 12.8. The van der Waals surface area contributed by atoms with Crippen molar-refractivity contribution >= 4 is 34.0 Å². The zero-order chi connectivity index (χ0) is 21.3. The van der Waals surface area contributed by atoms with E-state index in [-0.39, 0.29) is 23.7 Å². The van der Waals surface area contributed by atoms with Crippen molar-refractivity contribution < 1.29 is 9.59 Å². The Kier molecular flexibility index (Phi) is 6.09. The highest BCUT2D eigenvalue weighted by molar-refractivity contribution is 7.15. The SMILES string of the molecule is Cc1ccccc1NC(=O)[C@@H]1CCc2nc(N3CCN(C(=O)C(C)C)CC3)sc2C1. The summed E-state index contributed by atoms with van der Waals surface area (Å²) in [6.07, 6.45) is 2.45. The van der Waals surface area contributed by atoms with Crippen LogP contribution < -0.4 is 10.2 Å². The fourth-order valence-electron chi connectivity index (χ4n) is 4.15. The molecule has 1 fully saturated rings. The highest BCUT2D eigenvalue weighted by Gasteiger charge is 2.30. The number of fused-ring (bicyclic) bond motifs is 1. The summed E-state index contributed by atoms with van der Waals surface area (Å²) in [7, 11) is 0. The molecular weight excluding hydrogens is 396 g/mol. The van der Waals surface area contributed by atoms with Gasteiger partial charge in [-0.2, -0.15) is 0 Å². The third-order valence-electron chi connectivity index (χ3n) is 6.06. The standard InChI is InChI=1S/C23H30N4O2S/c1-15(2)22(29)26-10-12-27(13-11-26)23-25-19-9-8-17(14-20(19)30-23)21(28)24-18-7-5-4-6-16(18)3/h4-7,15,17H,8-14H2,1-3H3,(H,24,28)/t17-/m1/s1. The van der Waals surface area contributed by atoms with E-state index in [1.807, 2.05) is 49.9 Å². The van der Waals surface area contributed by atoms with E-state index in [9.17, 15) is 9.59 Å². The van der Waals surface area contributed by atoms with Crippen molar-refractivity contribution in [3.8, 4) is 0 Å². The molecule has 1 saturated heterocycles. The van der Waals surface area contributed by atoms with Crippen molar-refractivity contribution in [2.75, 3.05) is 36.4 Å². The van der Waals surface area contributed by atoms with Crippen LogP contribution in [0.4, 0.5) is 10.8 Å². The Morgan fingerprint density at radius 1 is 1.17 bits per heavy atom. The first-order valence-electron chi connectivity index (χ1n) is 10.8. The molecule has 1 N–H and O–H groups in total. The molecule has 7 heteroatoms. The van der Waals surface area contributed by atoms with Gasteiger partial charge in [0.05, 0.1) is 5.69 Å². The van der Waals surface area contributed by atoms with Gasteiger partial charge in [-0.1, -0.05) is 32.0 Å². The van der Waals surface area contributed by atoms with Gasteiger partial charge in [0.1, 0.15) is 0 Å². The topological polar surface area (TPSA) is 65.5 Å². The summed E-state index contributed by atoms with van der Waals surface area (Å²) in [6.45, 7) is 9.07. The number of anilines is 2. The fourth-order valence-corrected chi connectivity index (χ4v) is 5.39. The summed E-state index contributed by atoms with van der Waals surface area (Å²) >= 11 is 1.72. The van der Waals surface area contributed by atoms with E-state index >= 15 is 0 Å². The summed E-state index contributed by atoms with van der Waals surface area (Å²) < 4.78 is 0. The van der Waals surface area contributed by atoms with Crippen LogP contribution in [0, 0.1) is 18.8 Å². The summed E-state index contributed by atoms with van der Waals surface area (Å²) in [6, 6.07) is 7.90. The molecule has 1 aromatic heterocycles. The number of carbonyl (C=O) groups excluding carboxylic acids is 2. The molecular formula is C23H30N4O2S. The van der Waals surface area contributed by atoms with E-state index < -0.39 is 0 Å². The zero-order valence-corrected chi connectivity index (χ0v) is 18.8. The molecule has 4 rings (SSSR count). The molecule has 6 nitrogen and oxygen atoms in total. The lowest BCUT2D eigenvalue weighted by molar-refractivity contribution is -0.134. The molecule has 0 spiro atoms. The largest absolute Gasteiger partial charge is 0.345 e. The van der Waals surface area contributed by atoms with Gasteiger partial charge >= 0.3 is 0 Å². The monoisotopic (exact) mass is 426 g/mol. The average Bonchev–Trinajstić information content (AvgIpc) is 3.18. The second-order valence-electron chi connectivity index (χ2n) is 8.58. The summed E-state index contributed by atoms with van der Waals surface area (Å²) in [5.74, 6) is 0.374. The number of thiazole rings is 1. The minimum atomic E-state index is -0.00841. The van der Waals surface area contributed by atoms with Gasteiger partial charge in [-0.3, -0.25) is 9.59 Å². The van der Waals surface area contributed by atoms with Crippen molar-refractivity contribution in [1.82, 2.24) is 9.88 Å². The fraction of sp³-hybridized carbons (Fsp3) is 0.522. The molecule has 0 bridgehead atoms. The molecule has 160 valence electrons. The molecule has 30 heavy (non-hydrogen) atoms. The van der Waals surface area contributed by atoms with E-state index in [4.69, 9.17) is 4.98 Å². The molecule has 0 saturated carbocycles. The van der Waals surface area contributed by atoms with Gasteiger partial charge in [0.15, 0.2) is 5.13 Å². The number of benzene rings is 1. The number of nitrogens with zero attached hydrogens (tertiary/aromatic N) is 3. The van der Waals surface area contributed by atoms with Crippen molar-refractivity contribution in [1.29, 1.82) is 0 Å². The quantitative estimate of drug-likeness (QED) is 0.813. The number of para-hydroxylation sites is 1. The molecule has 2 aliphatic rings. The summed E-state index contributed by atoms with van der Waals surface area (Å²) in [4.78, 5) is 35.4. The van der Waals surface area contributed by atoms with Crippen molar-refractivity contribution in [3.05, 3.63) is 40.4 Å². The Hall–Kier alpha value is -2.41. The van der Waals surface area contributed by atoms with E-state index in [1.54, 1.807) is 11.3 Å². The Morgan fingerprint density at radius 2 is 1.90 bits per heavy atom. The first-order valence-corrected chi connectivity index (χ1v) is 11.6. The van der Waals surface area contributed by atoms with Gasteiger partial charge in [0, 0.05) is 48.6 Å². The lowest BCUT2D eigenvalue weighted by Gasteiger charge is -2.35. The van der Waals surface area contributed by atoms with Gasteiger partial charge in [-0.25, -0.2) is 4.98 Å². The Bertz CT molecular complexity index is 931. The highest BCUT2D eigenvalue weighted by Crippen LogP contribution is 2.35. The molecule has 2 aromatic rings. The van der Waals surface area contributed by atoms with E-state index in [0.717, 1.165) is 67.5 Å². The predicted octanol–water partition coefficient (Wildman–Crippen LogP) is 3.50. The van der Waals surface area contributed by atoms with E-state index in [1.165, 1.54) is 4.88 Å². The average molecular weight is 427 g/mol. The van der Waals surface area contributed by atoms with Crippen molar-refractivity contribution in [3.63, 3.8) is 0 Å². The molecule has 2 amide bonds. The van der Waals surface area contributed by atoms with Crippen molar-refractivity contribution in [2.45, 2.75) is 40.0 Å². The number of rotatable bonds is 4. The Balaban J connectivity index is 1.37. The van der Waals surface area contributed by atoms with Gasteiger partial charge in [0.2, 0.25) is 11.8 Å². The molecule has 1 atom stereocenters. The molecule has 0 unspecified atom stereocenters. The second-order valence-corrected chi connectivity index (χ2v) is 9.64. The van der Waals surface area contributed by atoms with Gasteiger partial charge in [-0.05, 0) is 37.8 Å². The van der Waals surface area contributed by atoms with Crippen LogP contribution in [0.3, 0.4) is 0 Å². The van der Waals surface area contributed by atoms with Crippen LogP contribution in [0.25, 0.3) is 0 Å². The van der Waals surface area contributed by atoms with Crippen LogP contribution in [0.1, 0.15) is 36.4 Å². The third kappa shape index (κ3) is 4.36. The number of piperazine rings is 1. The van der Waals surface area contributed by atoms with Gasteiger partial charge in [0.25, 0.3) is 0 Å². The maximum atomic E-state index is 12.8. The summed E-state index contributed by atoms with van der Waals surface area (Å²) in [5.41, 5.74) is 3.13. The highest BCUT2D eigenvalue weighted by atomic mass is 32.1. The molecule has 0 radical (unpaired) electrons. The normalized spacial score (nSPS) is 19.0. The smallest absolute Gasteiger partial charge is 0.227 e. The van der Waals surface area contributed by atoms with Crippen LogP contribution >= 0.6 is 11.3 Å². The molecule has 1 aliphatic heterocycles. The third-order valence-corrected chi connectivity index (χ3v) is 7.24. The van der Waals surface area contributed by atoms with Crippen LogP contribution in [-0.2, 0) is 22.4 Å². The number of aryl methyl sites for hydroxylation is 2. The van der Waals surface area contributed by atoms with E-state index in [0.29, 0.717) is 0 Å². The predicted molar refractivity (Wildman–Crippen MR) is 121 cm³/mol. The second kappa shape index (κ2) is 8.76. The number of hydrogen-bond acceptors (Lipinski definition) is 5. The number of hydrogen-bond donors (Lipinski definition) is 1. The van der Waals surface area contributed by atoms with Crippen LogP contribution in [-0.4, -0.2) is 47.9 Å². The molecule has 2 heterocycles. The van der Waals surface area contributed by atoms with E-state index in [2.05, 4.69) is 10.2 Å². The number of amides is 2. The number of aromatic nitrogens is 1. The number of nitrogens with one attached hydrogen (secondary N) is 1. The zero-order valence-electron chi connectivity index (χ0n) is 18.0. The number of carbonyl (C=O) groups is 2. The van der Waals surface area contributed by atoms with Gasteiger partial charge < -0.3 is 15.1 Å². The lowest BCUT2D eigenvalue weighted by Crippen LogP contribution is -2.49. The van der Waals surface area contributed by atoms with Crippen molar-refractivity contribution in [2.24, 2.45) is 11.8 Å². The van der Waals surface area contributed by atoms with Crippen LogP contribution in [0.15, 0.2) is 24.3 Å². The lowest BCUT2D eigenvalue weighted by atomic mass is 9.90. The minimum absolute atomic E-state index is 0.00841. The minimum Gasteiger partial charge on any atom is -0.345 e.